The number of benzene rings is 1. The Hall–Kier alpha value is -1.15. The maximum absolute atomic E-state index is 11.6. The van der Waals surface area contributed by atoms with Crippen molar-refractivity contribution in [1.82, 2.24) is 4.90 Å². The number of carbonyl (C=O) groups is 1. The van der Waals surface area contributed by atoms with Gasteiger partial charge in [0.25, 0.3) is 0 Å². The molecule has 1 aromatic carbocycles. The van der Waals surface area contributed by atoms with Crippen molar-refractivity contribution in [2.24, 2.45) is 5.92 Å². The summed E-state index contributed by atoms with van der Waals surface area (Å²) >= 11 is 0. The van der Waals surface area contributed by atoms with Gasteiger partial charge in [-0.15, -0.1) is 0 Å². The summed E-state index contributed by atoms with van der Waals surface area (Å²) in [4.78, 5) is 13.8. The average Bonchev–Trinajstić information content (AvgIpc) is 2.74. The molecule has 0 aliphatic heterocycles. The number of rotatable bonds is 5. The topological polar surface area (TPSA) is 20.3 Å². The molecule has 17 heavy (non-hydrogen) atoms. The van der Waals surface area contributed by atoms with Gasteiger partial charge in [0.2, 0.25) is 0 Å². The quantitative estimate of drug-likeness (QED) is 0.776. The highest BCUT2D eigenvalue weighted by atomic mass is 16.1. The molecule has 0 saturated heterocycles. The van der Waals surface area contributed by atoms with Gasteiger partial charge in [-0.05, 0) is 31.9 Å². The van der Waals surface area contributed by atoms with Crippen molar-refractivity contribution < 1.29 is 4.79 Å². The number of ketones is 1. The Labute approximate surface area is 104 Å². The zero-order chi connectivity index (χ0) is 12.1. The maximum Gasteiger partial charge on any atom is 0.137 e. The van der Waals surface area contributed by atoms with Gasteiger partial charge >= 0.3 is 0 Å². The van der Waals surface area contributed by atoms with Crippen LogP contribution in [0.15, 0.2) is 30.3 Å². The third-order valence-electron chi connectivity index (χ3n) is 3.59. The van der Waals surface area contributed by atoms with E-state index in [2.05, 4.69) is 36.2 Å². The minimum Gasteiger partial charge on any atom is -0.305 e. The molecule has 0 bridgehead atoms. The van der Waals surface area contributed by atoms with Crippen molar-refractivity contribution >= 4 is 5.78 Å². The average molecular weight is 231 g/mol. The van der Waals surface area contributed by atoms with Gasteiger partial charge in [-0.2, -0.15) is 0 Å². The van der Waals surface area contributed by atoms with E-state index in [-0.39, 0.29) is 0 Å². The number of hydrogen-bond donors (Lipinski definition) is 0. The van der Waals surface area contributed by atoms with Crippen molar-refractivity contribution in [3.63, 3.8) is 0 Å². The standard InChI is InChI=1S/C15H21NO/c1-16(12-14-8-5-9-15(14)17)11-10-13-6-3-2-4-7-13/h2-4,6-7,14H,5,8-12H2,1H3. The Bertz CT molecular complexity index is 360. The molecule has 1 aliphatic rings. The number of nitrogens with zero attached hydrogens (tertiary/aromatic N) is 1. The molecule has 0 amide bonds. The maximum atomic E-state index is 11.6. The molecule has 0 heterocycles. The second-order valence-electron chi connectivity index (χ2n) is 5.05. The van der Waals surface area contributed by atoms with Crippen LogP contribution in [0.5, 0.6) is 0 Å². The fraction of sp³-hybridized carbons (Fsp3) is 0.533. The normalized spacial score (nSPS) is 20.1. The van der Waals surface area contributed by atoms with Crippen LogP contribution in [0.2, 0.25) is 0 Å². The van der Waals surface area contributed by atoms with Crippen molar-refractivity contribution in [3.8, 4) is 0 Å². The highest BCUT2D eigenvalue weighted by molar-refractivity contribution is 5.83. The summed E-state index contributed by atoms with van der Waals surface area (Å²) in [5.74, 6) is 0.771. The van der Waals surface area contributed by atoms with Crippen molar-refractivity contribution in [1.29, 1.82) is 0 Å². The second-order valence-corrected chi connectivity index (χ2v) is 5.05. The van der Waals surface area contributed by atoms with Gasteiger partial charge in [0.1, 0.15) is 5.78 Å². The van der Waals surface area contributed by atoms with E-state index in [1.54, 1.807) is 0 Å². The van der Waals surface area contributed by atoms with E-state index in [9.17, 15) is 4.79 Å². The zero-order valence-corrected chi connectivity index (χ0v) is 10.6. The van der Waals surface area contributed by atoms with Crippen molar-refractivity contribution in [3.05, 3.63) is 35.9 Å². The first-order chi connectivity index (χ1) is 8.25. The van der Waals surface area contributed by atoms with E-state index >= 15 is 0 Å². The van der Waals surface area contributed by atoms with E-state index in [0.29, 0.717) is 11.7 Å². The molecule has 1 fully saturated rings. The highest BCUT2D eigenvalue weighted by Gasteiger charge is 2.25. The van der Waals surface area contributed by atoms with Gasteiger partial charge in [-0.1, -0.05) is 30.3 Å². The van der Waals surface area contributed by atoms with Crippen LogP contribution in [0.1, 0.15) is 24.8 Å². The Kier molecular flexibility index (Phi) is 4.32. The van der Waals surface area contributed by atoms with Crippen LogP contribution in [0.3, 0.4) is 0 Å². The van der Waals surface area contributed by atoms with Crippen LogP contribution in [0.25, 0.3) is 0 Å². The van der Waals surface area contributed by atoms with Gasteiger partial charge in [0, 0.05) is 25.4 Å². The Morgan fingerprint density at radius 3 is 2.71 bits per heavy atom. The first-order valence-corrected chi connectivity index (χ1v) is 6.51. The minimum atomic E-state index is 0.302. The lowest BCUT2D eigenvalue weighted by Crippen LogP contribution is -2.29. The SMILES string of the molecule is CN(CCc1ccccc1)CC1CCCC1=O. The number of likely N-dealkylation sites (N-methyl/N-ethyl adjacent to an activating group) is 1. The number of hydrogen-bond acceptors (Lipinski definition) is 2. The van der Waals surface area contributed by atoms with Crippen molar-refractivity contribution in [2.75, 3.05) is 20.1 Å². The van der Waals surface area contributed by atoms with Crippen LogP contribution in [0.4, 0.5) is 0 Å². The molecule has 2 rings (SSSR count). The molecule has 0 spiro atoms. The Morgan fingerprint density at radius 1 is 1.29 bits per heavy atom. The molecule has 1 aliphatic carbocycles. The van der Waals surface area contributed by atoms with Gasteiger partial charge in [0.15, 0.2) is 0 Å². The third-order valence-corrected chi connectivity index (χ3v) is 3.59. The summed E-state index contributed by atoms with van der Waals surface area (Å²) in [6, 6.07) is 10.5. The first kappa shape index (κ1) is 12.3. The van der Waals surface area contributed by atoms with Crippen LogP contribution < -0.4 is 0 Å². The van der Waals surface area contributed by atoms with E-state index in [0.717, 1.165) is 38.8 Å². The fourth-order valence-corrected chi connectivity index (χ4v) is 2.51. The first-order valence-electron chi connectivity index (χ1n) is 6.51. The number of Topliss-reactive ketones (excluding diaryl/α,β-unsaturated/α-hetero) is 1. The monoisotopic (exact) mass is 231 g/mol. The smallest absolute Gasteiger partial charge is 0.137 e. The van der Waals surface area contributed by atoms with Gasteiger partial charge in [0.05, 0.1) is 0 Å². The molecule has 2 nitrogen and oxygen atoms in total. The summed E-state index contributed by atoms with van der Waals surface area (Å²) in [5.41, 5.74) is 1.37. The summed E-state index contributed by atoms with van der Waals surface area (Å²) in [5, 5.41) is 0. The number of carbonyl (C=O) groups excluding carboxylic acids is 1. The lowest BCUT2D eigenvalue weighted by molar-refractivity contribution is -0.121. The molecular formula is C15H21NO. The van der Waals surface area contributed by atoms with E-state index in [1.165, 1.54) is 5.56 Å². The summed E-state index contributed by atoms with van der Waals surface area (Å²) in [7, 11) is 2.12. The Morgan fingerprint density at radius 2 is 2.06 bits per heavy atom. The molecule has 0 N–H and O–H groups in total. The zero-order valence-electron chi connectivity index (χ0n) is 10.6. The van der Waals surface area contributed by atoms with E-state index < -0.39 is 0 Å². The van der Waals surface area contributed by atoms with Crippen LogP contribution >= 0.6 is 0 Å². The second kappa shape index (κ2) is 5.97. The van der Waals surface area contributed by atoms with E-state index in [1.807, 2.05) is 6.07 Å². The van der Waals surface area contributed by atoms with Crippen LogP contribution in [0, 0.1) is 5.92 Å². The molecule has 0 radical (unpaired) electrons. The molecule has 0 aromatic heterocycles. The van der Waals surface area contributed by atoms with Crippen LogP contribution in [-0.4, -0.2) is 30.8 Å². The summed E-state index contributed by atoms with van der Waals surface area (Å²) in [6.45, 7) is 1.97. The molecular weight excluding hydrogens is 210 g/mol. The Balaban J connectivity index is 1.74. The summed E-state index contributed by atoms with van der Waals surface area (Å²) < 4.78 is 0. The predicted octanol–water partition coefficient (Wildman–Crippen LogP) is 2.53. The fourth-order valence-electron chi connectivity index (χ4n) is 2.51. The van der Waals surface area contributed by atoms with Gasteiger partial charge in [-0.25, -0.2) is 0 Å². The third kappa shape index (κ3) is 3.67. The minimum absolute atomic E-state index is 0.302. The molecule has 1 unspecified atom stereocenters. The lowest BCUT2D eigenvalue weighted by atomic mass is 10.1. The molecule has 1 aromatic rings. The molecule has 1 saturated carbocycles. The van der Waals surface area contributed by atoms with Crippen LogP contribution in [-0.2, 0) is 11.2 Å². The highest BCUT2D eigenvalue weighted by Crippen LogP contribution is 2.21. The summed E-state index contributed by atoms with van der Waals surface area (Å²) in [6.07, 6.45) is 4.06. The van der Waals surface area contributed by atoms with Gasteiger partial charge in [-0.3, -0.25) is 4.79 Å². The molecule has 92 valence electrons. The van der Waals surface area contributed by atoms with E-state index in [4.69, 9.17) is 0 Å². The lowest BCUT2D eigenvalue weighted by Gasteiger charge is -2.19. The molecule has 1 atom stereocenters. The molecule has 2 heteroatoms. The van der Waals surface area contributed by atoms with Crippen molar-refractivity contribution in [2.45, 2.75) is 25.7 Å². The predicted molar refractivity (Wildman–Crippen MR) is 70.0 cm³/mol. The van der Waals surface area contributed by atoms with Gasteiger partial charge < -0.3 is 4.90 Å². The largest absolute Gasteiger partial charge is 0.305 e.